The third-order valence-electron chi connectivity index (χ3n) is 24.4. The highest BCUT2D eigenvalue weighted by Crippen LogP contribution is 2.27. The highest BCUT2D eigenvalue weighted by Gasteiger charge is 2.48. The van der Waals surface area contributed by atoms with Gasteiger partial charge in [-0.2, -0.15) is 0 Å². The van der Waals surface area contributed by atoms with Crippen LogP contribution in [0.5, 0.6) is 0 Å². The van der Waals surface area contributed by atoms with Gasteiger partial charge in [-0.05, 0) is 77.0 Å². The van der Waals surface area contributed by atoms with Crippen molar-refractivity contribution in [1.82, 2.24) is 47.4 Å². The molecule has 0 aromatic heterocycles. The van der Waals surface area contributed by atoms with E-state index < -0.39 is 160 Å². The number of nitrogens with one attached hydrogen (secondary N) is 8. The summed E-state index contributed by atoms with van der Waals surface area (Å²) in [6.45, 7) is 8.65. The fraction of sp³-hybridized carbons (Fsp3) is 0.907. The second-order valence-electron chi connectivity index (χ2n) is 36.3. The number of rotatable bonds is 86. The van der Waals surface area contributed by atoms with Crippen molar-refractivity contribution < 1.29 is 141 Å². The molecule has 9 amide bonds. The maximum Gasteiger partial charge on any atom is 0.407 e. The van der Waals surface area contributed by atoms with Crippen LogP contribution in [0.4, 0.5) is 4.79 Å². The summed E-state index contributed by atoms with van der Waals surface area (Å²) in [5.41, 5.74) is 0. The standard InChI is InChI=1S/C97H181N9O29/c1-6-8-10-12-14-16-18-20-22-24-26-28-30-32-34-41-58-127-70-75(128-59-42-35-33-31-29-27-25-23-21-19-17-15-13-11-9-7-2)71-132-97(124)101-55-64-126-66-65-125-63-51-83(116)105-76(47-36-40-52-98-80(113)48-37-43-60-129-94-84(102-72(3)110)90(120)87(117)77(67-107)133-94)93(123)106(57-54-100-82(115)50-39-45-62-131-96-86(104-74(5)112)92(122)89(119)79(69-109)135-96)56-46-53-99-81(114)49-38-44-61-130-95-85(103-73(4)111)91(121)88(118)78(68-108)134-95/h75-79,84-92,94-96,107-109,117-122H,6-71H2,1-5H3,(H,98,113)(H,99,114)(H,100,115)(H,101,124)(H,102,110)(H,103,111)(H,104,112)(H,105,116). The highest BCUT2D eigenvalue weighted by molar-refractivity contribution is 5.88. The minimum atomic E-state index is -1.51. The predicted molar refractivity (Wildman–Crippen MR) is 507 cm³/mol. The average Bonchev–Trinajstić information content (AvgIpc) is 0.816. The van der Waals surface area contributed by atoms with E-state index >= 15 is 0 Å². The molecular formula is C97H181N9O29. The minimum Gasteiger partial charge on any atom is -0.447 e. The van der Waals surface area contributed by atoms with Crippen LogP contribution in [0, 0.1) is 0 Å². The van der Waals surface area contributed by atoms with Crippen molar-refractivity contribution in [1.29, 1.82) is 0 Å². The van der Waals surface area contributed by atoms with Gasteiger partial charge in [-0.25, -0.2) is 4.79 Å². The third kappa shape index (κ3) is 59.6. The molecule has 38 nitrogen and oxygen atoms in total. The molecule has 788 valence electrons. The summed E-state index contributed by atoms with van der Waals surface area (Å²) in [4.78, 5) is 119. The Morgan fingerprint density at radius 1 is 0.326 bits per heavy atom. The van der Waals surface area contributed by atoms with Crippen molar-refractivity contribution in [3.63, 3.8) is 0 Å². The number of alkyl carbamates (subject to hydrolysis) is 1. The number of hydrogen-bond acceptors (Lipinski definition) is 29. The summed E-state index contributed by atoms with van der Waals surface area (Å²) in [6, 6.07) is -4.54. The van der Waals surface area contributed by atoms with Crippen molar-refractivity contribution >= 4 is 53.4 Å². The molecule has 17 atom stereocenters. The largest absolute Gasteiger partial charge is 0.447 e. The molecule has 3 aliphatic rings. The van der Waals surface area contributed by atoms with Gasteiger partial charge in [0.2, 0.25) is 47.3 Å². The smallest absolute Gasteiger partial charge is 0.407 e. The minimum absolute atomic E-state index is 0.00355. The molecule has 17 N–H and O–H groups in total. The van der Waals surface area contributed by atoms with Crippen LogP contribution in [0.1, 0.15) is 330 Å². The van der Waals surface area contributed by atoms with Crippen molar-refractivity contribution in [3.8, 4) is 0 Å². The summed E-state index contributed by atoms with van der Waals surface area (Å²) < 4.78 is 63.8. The van der Waals surface area contributed by atoms with Gasteiger partial charge in [0.15, 0.2) is 18.9 Å². The van der Waals surface area contributed by atoms with E-state index in [-0.39, 0.29) is 148 Å². The van der Waals surface area contributed by atoms with E-state index in [9.17, 15) is 89.1 Å². The number of hydrogen-bond donors (Lipinski definition) is 17. The first-order valence-corrected chi connectivity index (χ1v) is 51.6. The molecule has 17 unspecified atom stereocenters. The Morgan fingerprint density at radius 3 is 1.07 bits per heavy atom. The predicted octanol–water partition coefficient (Wildman–Crippen LogP) is 6.67. The third-order valence-corrected chi connectivity index (χ3v) is 24.4. The summed E-state index contributed by atoms with van der Waals surface area (Å²) in [7, 11) is 0. The molecule has 0 bridgehead atoms. The maximum absolute atomic E-state index is 14.9. The summed E-state index contributed by atoms with van der Waals surface area (Å²) >= 11 is 0. The van der Waals surface area contributed by atoms with Crippen LogP contribution in [-0.2, 0) is 90.5 Å². The number of carbonyl (C=O) groups is 9. The summed E-state index contributed by atoms with van der Waals surface area (Å²) in [5, 5.41) is 114. The molecule has 3 saturated heterocycles. The van der Waals surface area contributed by atoms with Gasteiger partial charge in [0, 0.05) is 119 Å². The lowest BCUT2D eigenvalue weighted by Crippen LogP contribution is -2.64. The Kier molecular flexibility index (Phi) is 74.0. The molecule has 3 fully saturated rings. The Balaban J connectivity index is 1.62. The first-order valence-electron chi connectivity index (χ1n) is 51.6. The molecule has 3 heterocycles. The van der Waals surface area contributed by atoms with Crippen molar-refractivity contribution in [3.05, 3.63) is 0 Å². The Labute approximate surface area is 804 Å². The van der Waals surface area contributed by atoms with E-state index in [0.29, 0.717) is 71.2 Å². The van der Waals surface area contributed by atoms with Crippen molar-refractivity contribution in [2.45, 2.75) is 434 Å². The summed E-state index contributed by atoms with van der Waals surface area (Å²) in [6.07, 6.45) is 27.0. The van der Waals surface area contributed by atoms with Gasteiger partial charge in [0.25, 0.3) is 0 Å². The topological polar surface area (TPSA) is 537 Å². The van der Waals surface area contributed by atoms with E-state index in [1.807, 2.05) is 0 Å². The van der Waals surface area contributed by atoms with Crippen LogP contribution in [0.3, 0.4) is 0 Å². The van der Waals surface area contributed by atoms with Gasteiger partial charge in [-0.3, -0.25) is 38.4 Å². The lowest BCUT2D eigenvalue weighted by atomic mass is 9.97. The first-order chi connectivity index (χ1) is 65.4. The number of nitrogens with zero attached hydrogens (tertiary/aromatic N) is 1. The molecule has 0 aliphatic carbocycles. The van der Waals surface area contributed by atoms with Crippen LogP contribution in [0.2, 0.25) is 0 Å². The molecule has 0 saturated carbocycles. The van der Waals surface area contributed by atoms with Crippen LogP contribution >= 0.6 is 0 Å². The SMILES string of the molecule is CCCCCCCCCCCCCCCCCCOCC(COC(=O)NCCOCCOCCC(=O)NC(CCCCNC(=O)CCCCOC1OC(CO)C(O)C(O)C1NC(C)=O)C(=O)N(CCCNC(=O)CCCCOC1OC(CO)C(O)C(O)C1NC(C)=O)CCNC(=O)CCCCOC1OC(CO)C(O)C(O)C1NC(C)=O)OCCCCCCCCCCCCCCCCCC. The summed E-state index contributed by atoms with van der Waals surface area (Å²) in [5.74, 6) is -3.55. The maximum atomic E-state index is 14.9. The zero-order valence-corrected chi connectivity index (χ0v) is 82.6. The van der Waals surface area contributed by atoms with E-state index in [1.165, 1.54) is 199 Å². The van der Waals surface area contributed by atoms with Crippen LogP contribution in [-0.4, -0.2) is 340 Å². The molecule has 0 aromatic rings. The lowest BCUT2D eigenvalue weighted by molar-refractivity contribution is -0.270. The zero-order valence-electron chi connectivity index (χ0n) is 82.6. The van der Waals surface area contributed by atoms with Crippen LogP contribution < -0.4 is 42.5 Å². The van der Waals surface area contributed by atoms with E-state index in [1.54, 1.807) is 0 Å². The fourth-order valence-electron chi connectivity index (χ4n) is 16.4. The van der Waals surface area contributed by atoms with E-state index in [0.717, 1.165) is 32.1 Å². The second kappa shape index (κ2) is 80.9. The van der Waals surface area contributed by atoms with Crippen molar-refractivity contribution in [2.75, 3.05) is 132 Å². The Hall–Kier alpha value is -5.73. The molecule has 0 spiro atoms. The van der Waals surface area contributed by atoms with Gasteiger partial charge in [0.05, 0.1) is 52.9 Å². The number of aliphatic hydroxyl groups excluding tert-OH is 9. The second-order valence-corrected chi connectivity index (χ2v) is 36.3. The Bertz CT molecular complexity index is 3040. The molecule has 3 aliphatic heterocycles. The van der Waals surface area contributed by atoms with E-state index in [4.69, 9.17) is 52.1 Å². The van der Waals surface area contributed by atoms with E-state index in [2.05, 4.69) is 56.4 Å². The number of aliphatic hydroxyl groups is 9. The molecule has 135 heavy (non-hydrogen) atoms. The molecule has 0 aromatic carbocycles. The first kappa shape index (κ1) is 123. The van der Waals surface area contributed by atoms with Crippen molar-refractivity contribution in [2.24, 2.45) is 0 Å². The van der Waals surface area contributed by atoms with Gasteiger partial charge in [0.1, 0.15) is 91.8 Å². The molecule has 0 radical (unpaired) electrons. The average molecular weight is 1940 g/mol. The van der Waals surface area contributed by atoms with Gasteiger partial charge >= 0.3 is 6.09 Å². The monoisotopic (exact) mass is 1940 g/mol. The molecule has 3 rings (SSSR count). The van der Waals surface area contributed by atoms with Crippen LogP contribution in [0.25, 0.3) is 0 Å². The quantitative estimate of drug-likeness (QED) is 0.0282. The lowest BCUT2D eigenvalue weighted by Gasteiger charge is -2.42. The number of ether oxygens (including phenoxy) is 11. The number of amides is 9. The normalized spacial score (nSPS) is 22.1. The number of carbonyl (C=O) groups excluding carboxylic acids is 9. The zero-order chi connectivity index (χ0) is 98.7. The van der Waals surface area contributed by atoms with Crippen LogP contribution in [0.15, 0.2) is 0 Å². The van der Waals surface area contributed by atoms with Gasteiger partial charge in [-0.15, -0.1) is 0 Å². The number of unbranched alkanes of at least 4 members (excludes halogenated alkanes) is 34. The Morgan fingerprint density at radius 2 is 0.681 bits per heavy atom. The molecule has 38 heteroatoms. The van der Waals surface area contributed by atoms with Gasteiger partial charge < -0.3 is 145 Å². The highest BCUT2D eigenvalue weighted by atomic mass is 16.7. The van der Waals surface area contributed by atoms with Gasteiger partial charge in [-0.1, -0.05) is 206 Å². The fourth-order valence-corrected chi connectivity index (χ4v) is 16.4. The molecular weight excluding hydrogens is 1760 g/mol.